The van der Waals surface area contributed by atoms with Gasteiger partial charge in [0.2, 0.25) is 0 Å². The summed E-state index contributed by atoms with van der Waals surface area (Å²) in [6.45, 7) is 2.18. The Bertz CT molecular complexity index is 762. The third-order valence-electron chi connectivity index (χ3n) is 3.11. The zero-order valence-electron chi connectivity index (χ0n) is 11.8. The molecule has 6 heteroatoms. The largest absolute Gasteiger partial charge is 0.496 e. The summed E-state index contributed by atoms with van der Waals surface area (Å²) < 4.78 is 6.82. The Morgan fingerprint density at radius 1 is 1.43 bits per heavy atom. The summed E-state index contributed by atoms with van der Waals surface area (Å²) in [5, 5.41) is 9.18. The van der Waals surface area contributed by atoms with E-state index < -0.39 is 0 Å². The Balaban J connectivity index is 2.52. The number of halogens is 1. The van der Waals surface area contributed by atoms with E-state index in [0.717, 1.165) is 5.56 Å². The lowest BCUT2D eigenvalue weighted by molar-refractivity contribution is 0.407. The molecule has 108 valence electrons. The highest BCUT2D eigenvalue weighted by Gasteiger charge is 2.11. The molecule has 0 N–H and O–H groups in total. The lowest BCUT2D eigenvalue weighted by atomic mass is 10.1. The second-order valence-electron chi connectivity index (χ2n) is 4.41. The van der Waals surface area contributed by atoms with Gasteiger partial charge in [-0.2, -0.15) is 5.26 Å². The van der Waals surface area contributed by atoms with E-state index >= 15 is 0 Å². The van der Waals surface area contributed by atoms with Gasteiger partial charge in [0.15, 0.2) is 0 Å². The number of hydrogen-bond acceptors (Lipinski definition) is 4. The molecule has 0 radical (unpaired) electrons. The van der Waals surface area contributed by atoms with Crippen LogP contribution in [0.15, 0.2) is 29.1 Å². The number of methoxy groups -OCH3 is 1. The van der Waals surface area contributed by atoms with Crippen molar-refractivity contribution in [1.82, 2.24) is 9.55 Å². The summed E-state index contributed by atoms with van der Waals surface area (Å²) in [7, 11) is 1.55. The van der Waals surface area contributed by atoms with E-state index in [0.29, 0.717) is 23.6 Å². The van der Waals surface area contributed by atoms with E-state index in [1.165, 1.54) is 10.6 Å². The van der Waals surface area contributed by atoms with Crippen LogP contribution in [-0.2, 0) is 13.0 Å². The first kappa shape index (κ1) is 15.1. The number of benzene rings is 1. The molecule has 2 rings (SSSR count). The van der Waals surface area contributed by atoms with Gasteiger partial charge in [0.05, 0.1) is 25.3 Å². The number of nitriles is 1. The van der Waals surface area contributed by atoms with Crippen molar-refractivity contribution in [3.63, 3.8) is 0 Å². The van der Waals surface area contributed by atoms with Crippen LogP contribution < -0.4 is 10.3 Å². The monoisotopic (exact) mass is 303 g/mol. The minimum absolute atomic E-state index is 0.186. The Hall–Kier alpha value is -2.32. The zero-order chi connectivity index (χ0) is 15.4. The van der Waals surface area contributed by atoms with Gasteiger partial charge < -0.3 is 4.74 Å². The number of aryl methyl sites for hydroxylation is 1. The van der Waals surface area contributed by atoms with Crippen LogP contribution in [0.2, 0.25) is 5.15 Å². The summed E-state index contributed by atoms with van der Waals surface area (Å²) in [6, 6.07) is 8.45. The Morgan fingerprint density at radius 3 is 2.81 bits per heavy atom. The standard InChI is InChI=1S/C15H14ClN3O2/c1-3-14-18-13(16)7-15(20)19(14)9-11-6-10(8-17)4-5-12(11)21-2/h4-7H,3,9H2,1-2H3. The third-order valence-corrected chi connectivity index (χ3v) is 3.30. The summed E-state index contributed by atoms with van der Waals surface area (Å²) in [4.78, 5) is 16.3. The topological polar surface area (TPSA) is 67.9 Å². The van der Waals surface area contributed by atoms with E-state index in [1.54, 1.807) is 25.3 Å². The van der Waals surface area contributed by atoms with Crippen molar-refractivity contribution in [3.8, 4) is 11.8 Å². The predicted octanol–water partition coefficient (Wildman–Crippen LogP) is 2.39. The van der Waals surface area contributed by atoms with Crippen molar-refractivity contribution in [1.29, 1.82) is 5.26 Å². The van der Waals surface area contributed by atoms with E-state index in [-0.39, 0.29) is 17.3 Å². The van der Waals surface area contributed by atoms with Crippen molar-refractivity contribution >= 4 is 11.6 Å². The fourth-order valence-corrected chi connectivity index (χ4v) is 2.29. The number of rotatable bonds is 4. The van der Waals surface area contributed by atoms with Crippen LogP contribution >= 0.6 is 11.6 Å². The molecule has 0 atom stereocenters. The maximum absolute atomic E-state index is 12.1. The van der Waals surface area contributed by atoms with Crippen molar-refractivity contribution in [2.45, 2.75) is 19.9 Å². The zero-order valence-corrected chi connectivity index (χ0v) is 12.5. The number of hydrogen-bond donors (Lipinski definition) is 0. The molecule has 21 heavy (non-hydrogen) atoms. The summed E-state index contributed by atoms with van der Waals surface area (Å²) in [5.41, 5.74) is 1.03. The van der Waals surface area contributed by atoms with Crippen molar-refractivity contribution in [3.05, 3.63) is 56.7 Å². The molecule has 1 aromatic heterocycles. The fourth-order valence-electron chi connectivity index (χ4n) is 2.10. The second-order valence-corrected chi connectivity index (χ2v) is 4.80. The molecule has 0 amide bonds. The molecule has 0 fully saturated rings. The summed E-state index contributed by atoms with van der Waals surface area (Å²) >= 11 is 5.82. The Morgan fingerprint density at radius 2 is 2.19 bits per heavy atom. The first-order valence-electron chi connectivity index (χ1n) is 6.42. The molecule has 0 aliphatic carbocycles. The van der Waals surface area contributed by atoms with Crippen molar-refractivity contribution < 1.29 is 4.74 Å². The highest BCUT2D eigenvalue weighted by molar-refractivity contribution is 6.29. The highest BCUT2D eigenvalue weighted by atomic mass is 35.5. The average molecular weight is 304 g/mol. The van der Waals surface area contributed by atoms with E-state index in [4.69, 9.17) is 21.6 Å². The smallest absolute Gasteiger partial charge is 0.255 e. The van der Waals surface area contributed by atoms with Crippen LogP contribution in [0, 0.1) is 11.3 Å². The molecular weight excluding hydrogens is 290 g/mol. The maximum atomic E-state index is 12.1. The van der Waals surface area contributed by atoms with Gasteiger partial charge in [-0.05, 0) is 18.2 Å². The summed E-state index contributed by atoms with van der Waals surface area (Å²) in [5.74, 6) is 1.22. The fraction of sp³-hybridized carbons (Fsp3) is 0.267. The molecule has 0 unspecified atom stereocenters. The van der Waals surface area contributed by atoms with E-state index in [9.17, 15) is 4.79 Å². The quantitative estimate of drug-likeness (QED) is 0.813. The van der Waals surface area contributed by atoms with Crippen molar-refractivity contribution in [2.75, 3.05) is 7.11 Å². The average Bonchev–Trinajstić information content (AvgIpc) is 2.49. The molecule has 0 saturated heterocycles. The van der Waals surface area contributed by atoms with Crippen LogP contribution in [0.3, 0.4) is 0 Å². The Labute approximate surface area is 127 Å². The molecule has 0 saturated carbocycles. The Kier molecular flexibility index (Phi) is 4.61. The maximum Gasteiger partial charge on any atom is 0.255 e. The number of nitrogens with zero attached hydrogens (tertiary/aromatic N) is 3. The van der Waals surface area contributed by atoms with Crippen LogP contribution in [0.1, 0.15) is 23.9 Å². The lowest BCUT2D eigenvalue weighted by Crippen LogP contribution is -2.25. The van der Waals surface area contributed by atoms with Gasteiger partial charge in [0.1, 0.15) is 16.7 Å². The first-order chi connectivity index (χ1) is 10.1. The van der Waals surface area contributed by atoms with Gasteiger partial charge >= 0.3 is 0 Å². The molecule has 1 heterocycles. The molecule has 1 aromatic carbocycles. The number of aromatic nitrogens is 2. The van der Waals surface area contributed by atoms with Crippen LogP contribution in [-0.4, -0.2) is 16.7 Å². The normalized spacial score (nSPS) is 10.2. The van der Waals surface area contributed by atoms with Gasteiger partial charge in [-0.1, -0.05) is 18.5 Å². The van der Waals surface area contributed by atoms with Crippen LogP contribution in [0.4, 0.5) is 0 Å². The minimum atomic E-state index is -0.226. The predicted molar refractivity (Wildman–Crippen MR) is 79.7 cm³/mol. The molecule has 2 aromatic rings. The first-order valence-corrected chi connectivity index (χ1v) is 6.80. The van der Waals surface area contributed by atoms with E-state index in [2.05, 4.69) is 11.1 Å². The van der Waals surface area contributed by atoms with E-state index in [1.807, 2.05) is 6.92 Å². The van der Waals surface area contributed by atoms with Gasteiger partial charge in [0, 0.05) is 18.1 Å². The highest BCUT2D eigenvalue weighted by Crippen LogP contribution is 2.21. The van der Waals surface area contributed by atoms with Gasteiger partial charge in [-0.3, -0.25) is 9.36 Å². The van der Waals surface area contributed by atoms with Gasteiger partial charge in [0.25, 0.3) is 5.56 Å². The van der Waals surface area contributed by atoms with Gasteiger partial charge in [-0.25, -0.2) is 4.98 Å². The number of ether oxygens (including phenoxy) is 1. The molecule has 0 aliphatic heterocycles. The molecule has 0 bridgehead atoms. The molecule has 0 spiro atoms. The molecular formula is C15H14ClN3O2. The SMILES string of the molecule is CCc1nc(Cl)cc(=O)n1Cc1cc(C#N)ccc1OC. The minimum Gasteiger partial charge on any atom is -0.496 e. The summed E-state index contributed by atoms with van der Waals surface area (Å²) in [6.07, 6.45) is 0.579. The third kappa shape index (κ3) is 3.23. The van der Waals surface area contributed by atoms with Crippen LogP contribution in [0.25, 0.3) is 0 Å². The van der Waals surface area contributed by atoms with Crippen LogP contribution in [0.5, 0.6) is 5.75 Å². The molecule has 0 aliphatic rings. The lowest BCUT2D eigenvalue weighted by Gasteiger charge is -2.13. The van der Waals surface area contributed by atoms with Crippen molar-refractivity contribution in [2.24, 2.45) is 0 Å². The molecule has 5 nitrogen and oxygen atoms in total. The van der Waals surface area contributed by atoms with Gasteiger partial charge in [-0.15, -0.1) is 0 Å². The second kappa shape index (κ2) is 6.42.